The summed E-state index contributed by atoms with van der Waals surface area (Å²) in [5.74, 6) is 0.433. The van der Waals surface area contributed by atoms with E-state index >= 15 is 0 Å². The van der Waals surface area contributed by atoms with E-state index in [-0.39, 0.29) is 17.8 Å². The van der Waals surface area contributed by atoms with Crippen LogP contribution in [0.3, 0.4) is 0 Å². The molecule has 0 amide bonds. The summed E-state index contributed by atoms with van der Waals surface area (Å²) in [7, 11) is 0. The van der Waals surface area contributed by atoms with E-state index in [4.69, 9.17) is 5.73 Å². The Morgan fingerprint density at radius 1 is 1.67 bits per heavy atom. The van der Waals surface area contributed by atoms with Gasteiger partial charge in [-0.25, -0.2) is 4.98 Å². The predicted octanol–water partition coefficient (Wildman–Crippen LogP) is 2.07. The van der Waals surface area contributed by atoms with E-state index in [0.29, 0.717) is 16.8 Å². The molecule has 7 heteroatoms. The second kappa shape index (κ2) is 5.19. The van der Waals surface area contributed by atoms with Crippen LogP contribution in [0.2, 0.25) is 0 Å². The van der Waals surface area contributed by atoms with Gasteiger partial charge in [-0.15, -0.1) is 0 Å². The number of piperidine rings is 1. The summed E-state index contributed by atoms with van der Waals surface area (Å²) < 4.78 is 0.610. The number of hydrogen-bond donors (Lipinski definition) is 1. The quantitative estimate of drug-likeness (QED) is 0.667. The summed E-state index contributed by atoms with van der Waals surface area (Å²) in [5, 5.41) is 11.1. The number of pyridine rings is 1. The third-order valence-corrected chi connectivity index (χ3v) is 3.63. The Morgan fingerprint density at radius 2 is 2.39 bits per heavy atom. The molecule has 1 aliphatic heterocycles. The molecule has 2 N–H and O–H groups in total. The lowest BCUT2D eigenvalue weighted by molar-refractivity contribution is -0.384. The monoisotopic (exact) mass is 314 g/mol. The Bertz CT molecular complexity index is 468. The van der Waals surface area contributed by atoms with E-state index < -0.39 is 4.92 Å². The third kappa shape index (κ3) is 2.62. The van der Waals surface area contributed by atoms with E-state index in [1.54, 1.807) is 6.20 Å². The molecule has 0 saturated carbocycles. The number of aromatic nitrogens is 1. The van der Waals surface area contributed by atoms with Crippen molar-refractivity contribution < 1.29 is 4.92 Å². The van der Waals surface area contributed by atoms with Gasteiger partial charge in [0.15, 0.2) is 0 Å². The van der Waals surface area contributed by atoms with Crippen molar-refractivity contribution in [1.29, 1.82) is 0 Å². The second-order valence-electron chi connectivity index (χ2n) is 4.58. The molecule has 18 heavy (non-hydrogen) atoms. The highest BCUT2D eigenvalue weighted by Gasteiger charge is 2.29. The predicted molar refractivity (Wildman–Crippen MR) is 72.6 cm³/mol. The highest BCUT2D eigenvalue weighted by molar-refractivity contribution is 9.10. The fraction of sp³-hybridized carbons (Fsp3) is 0.545. The number of nitro groups is 1. The molecule has 2 rings (SSSR count). The summed E-state index contributed by atoms with van der Waals surface area (Å²) in [6.45, 7) is 2.73. The van der Waals surface area contributed by atoms with E-state index in [9.17, 15) is 10.1 Å². The molecule has 2 heterocycles. The fourth-order valence-electron chi connectivity index (χ4n) is 2.30. The summed E-state index contributed by atoms with van der Waals surface area (Å²) in [6, 6.07) is 1.83. The molecule has 2 unspecified atom stereocenters. The van der Waals surface area contributed by atoms with Gasteiger partial charge in [0.25, 0.3) is 0 Å². The zero-order chi connectivity index (χ0) is 13.3. The molecule has 1 aromatic heterocycles. The molecule has 1 fully saturated rings. The van der Waals surface area contributed by atoms with Crippen LogP contribution in [0, 0.1) is 10.1 Å². The number of nitrogens with zero attached hydrogens (tertiary/aromatic N) is 3. The number of halogens is 1. The highest BCUT2D eigenvalue weighted by atomic mass is 79.9. The minimum absolute atomic E-state index is 0.0340. The van der Waals surface area contributed by atoms with Crippen LogP contribution in [-0.4, -0.2) is 28.5 Å². The molecule has 2 atom stereocenters. The molecular weight excluding hydrogens is 300 g/mol. The maximum atomic E-state index is 11.1. The Morgan fingerprint density at radius 3 is 3.00 bits per heavy atom. The van der Waals surface area contributed by atoms with Gasteiger partial charge in [-0.2, -0.15) is 0 Å². The van der Waals surface area contributed by atoms with Gasteiger partial charge in [-0.1, -0.05) is 0 Å². The van der Waals surface area contributed by atoms with Crippen LogP contribution in [0.1, 0.15) is 19.8 Å². The smallest absolute Gasteiger partial charge is 0.312 e. The molecule has 0 bridgehead atoms. The number of hydrogen-bond acceptors (Lipinski definition) is 5. The van der Waals surface area contributed by atoms with Crippen LogP contribution < -0.4 is 10.6 Å². The van der Waals surface area contributed by atoms with Gasteiger partial charge in [0, 0.05) is 35.4 Å². The number of rotatable bonds is 2. The fourth-order valence-corrected chi connectivity index (χ4v) is 2.62. The minimum atomic E-state index is -0.394. The second-order valence-corrected chi connectivity index (χ2v) is 5.50. The molecule has 98 valence electrons. The van der Waals surface area contributed by atoms with Crippen molar-refractivity contribution in [1.82, 2.24) is 4.98 Å². The van der Waals surface area contributed by atoms with Crippen molar-refractivity contribution in [2.45, 2.75) is 31.8 Å². The van der Waals surface area contributed by atoms with Gasteiger partial charge in [-0.05, 0) is 35.7 Å². The van der Waals surface area contributed by atoms with Crippen LogP contribution in [-0.2, 0) is 0 Å². The first kappa shape index (κ1) is 13.2. The molecule has 0 aromatic carbocycles. The van der Waals surface area contributed by atoms with Gasteiger partial charge in [0.2, 0.25) is 5.82 Å². The normalized spacial score (nSPS) is 24.1. The maximum Gasteiger partial charge on any atom is 0.312 e. The summed E-state index contributed by atoms with van der Waals surface area (Å²) in [6.07, 6.45) is 3.25. The van der Waals surface area contributed by atoms with Crippen LogP contribution in [0.25, 0.3) is 0 Å². The van der Waals surface area contributed by atoms with Crippen molar-refractivity contribution >= 4 is 27.4 Å². The number of nitrogens with two attached hydrogens (primary N) is 1. The average molecular weight is 315 g/mol. The standard InChI is InChI=1S/C11H15BrN4O2/c1-7-4-9(13)2-3-15(7)11-10(16(17)18)5-8(12)6-14-11/h5-7,9H,2-4,13H2,1H3. The summed E-state index contributed by atoms with van der Waals surface area (Å²) in [5.41, 5.74) is 5.93. The molecular formula is C11H15BrN4O2. The summed E-state index contributed by atoms with van der Waals surface area (Å²) >= 11 is 3.21. The highest BCUT2D eigenvalue weighted by Crippen LogP contribution is 2.32. The molecule has 0 spiro atoms. The SMILES string of the molecule is CC1CC(N)CCN1c1ncc(Br)cc1[N+](=O)[O-]. The van der Waals surface area contributed by atoms with E-state index in [1.165, 1.54) is 6.07 Å². The van der Waals surface area contributed by atoms with Crippen LogP contribution in [0.4, 0.5) is 11.5 Å². The van der Waals surface area contributed by atoms with Crippen molar-refractivity contribution in [2.24, 2.45) is 5.73 Å². The summed E-state index contributed by atoms with van der Waals surface area (Å²) in [4.78, 5) is 16.8. The first-order chi connectivity index (χ1) is 8.49. The third-order valence-electron chi connectivity index (χ3n) is 3.20. The zero-order valence-electron chi connectivity index (χ0n) is 10.0. The van der Waals surface area contributed by atoms with Crippen LogP contribution in [0.15, 0.2) is 16.7 Å². The van der Waals surface area contributed by atoms with Gasteiger partial charge < -0.3 is 10.6 Å². The van der Waals surface area contributed by atoms with Gasteiger partial charge in [-0.3, -0.25) is 10.1 Å². The van der Waals surface area contributed by atoms with Crippen molar-refractivity contribution in [3.63, 3.8) is 0 Å². The first-order valence-corrected chi connectivity index (χ1v) is 6.60. The molecule has 0 radical (unpaired) electrons. The van der Waals surface area contributed by atoms with Crippen molar-refractivity contribution in [3.05, 3.63) is 26.9 Å². The molecule has 1 aromatic rings. The van der Waals surface area contributed by atoms with Crippen molar-refractivity contribution in [3.8, 4) is 0 Å². The van der Waals surface area contributed by atoms with Crippen LogP contribution in [0.5, 0.6) is 0 Å². The lowest BCUT2D eigenvalue weighted by atomic mass is 9.99. The first-order valence-electron chi connectivity index (χ1n) is 5.81. The number of anilines is 1. The van der Waals surface area contributed by atoms with Crippen molar-refractivity contribution in [2.75, 3.05) is 11.4 Å². The van der Waals surface area contributed by atoms with Gasteiger partial charge in [0.1, 0.15) is 0 Å². The maximum absolute atomic E-state index is 11.1. The average Bonchev–Trinajstić information content (AvgIpc) is 2.29. The largest absolute Gasteiger partial charge is 0.348 e. The lowest BCUT2D eigenvalue weighted by Gasteiger charge is -2.36. The van der Waals surface area contributed by atoms with E-state index in [0.717, 1.165) is 12.8 Å². The zero-order valence-corrected chi connectivity index (χ0v) is 11.6. The molecule has 1 aliphatic rings. The van der Waals surface area contributed by atoms with Gasteiger partial charge >= 0.3 is 5.69 Å². The molecule has 0 aliphatic carbocycles. The lowest BCUT2D eigenvalue weighted by Crippen LogP contribution is -2.46. The van der Waals surface area contributed by atoms with Crippen LogP contribution >= 0.6 is 15.9 Å². The van der Waals surface area contributed by atoms with E-state index in [1.807, 2.05) is 11.8 Å². The topological polar surface area (TPSA) is 85.3 Å². The van der Waals surface area contributed by atoms with Gasteiger partial charge in [0.05, 0.1) is 4.92 Å². The molecule has 6 nitrogen and oxygen atoms in total. The minimum Gasteiger partial charge on any atom is -0.348 e. The van der Waals surface area contributed by atoms with E-state index in [2.05, 4.69) is 20.9 Å². The molecule has 1 saturated heterocycles. The Labute approximate surface area is 113 Å². The Hall–Kier alpha value is -1.21. The Kier molecular flexibility index (Phi) is 3.82. The Balaban J connectivity index is 2.35.